The Hall–Kier alpha value is -1.43. The highest BCUT2D eigenvalue weighted by Gasteiger charge is 2.20. The Morgan fingerprint density at radius 1 is 0.568 bits per heavy atom. The average Bonchev–Trinajstić information content (AvgIpc) is 3.01. The summed E-state index contributed by atoms with van der Waals surface area (Å²) in [7, 11) is 0. The molecule has 0 aliphatic carbocycles. The lowest BCUT2D eigenvalue weighted by Gasteiger charge is -2.21. The van der Waals surface area contributed by atoms with Crippen LogP contribution in [0.2, 0.25) is 0 Å². The summed E-state index contributed by atoms with van der Waals surface area (Å²) >= 11 is 0. The first-order chi connectivity index (χ1) is 21.5. The lowest BCUT2D eigenvalue weighted by molar-refractivity contribution is -0.124. The van der Waals surface area contributed by atoms with E-state index in [1.54, 1.807) is 6.08 Å². The minimum absolute atomic E-state index is 0.00384. The highest BCUT2D eigenvalue weighted by molar-refractivity contribution is 5.76. The van der Waals surface area contributed by atoms with E-state index in [-0.39, 0.29) is 18.9 Å². The summed E-state index contributed by atoms with van der Waals surface area (Å²) in [5.41, 5.74) is 0. The first-order valence-electron chi connectivity index (χ1n) is 18.8. The fourth-order valence-corrected chi connectivity index (χ4v) is 5.49. The molecule has 0 spiro atoms. The van der Waals surface area contributed by atoms with Crippen molar-refractivity contribution in [2.75, 3.05) is 6.61 Å². The molecule has 3 unspecified atom stereocenters. The Kier molecular flexibility index (Phi) is 33.3. The maximum Gasteiger partial charge on any atom is 0.222 e. The highest BCUT2D eigenvalue weighted by atomic mass is 16.3. The van der Waals surface area contributed by atoms with Crippen molar-refractivity contribution >= 4 is 5.91 Å². The second-order valence-electron chi connectivity index (χ2n) is 12.8. The molecule has 1 amide bonds. The van der Waals surface area contributed by atoms with Gasteiger partial charge in [0.15, 0.2) is 0 Å². The Balaban J connectivity index is 3.82. The molecule has 0 aromatic carbocycles. The molecule has 0 saturated carbocycles. The molecule has 5 nitrogen and oxygen atoms in total. The molecular weight excluding hydrogens is 546 g/mol. The quantitative estimate of drug-likeness (QED) is 0.0435. The predicted octanol–water partition coefficient (Wildman–Crippen LogP) is 10.0. The number of aliphatic hydroxyl groups is 3. The van der Waals surface area contributed by atoms with Crippen molar-refractivity contribution < 1.29 is 20.1 Å². The number of rotatable bonds is 33. The van der Waals surface area contributed by atoms with Crippen molar-refractivity contribution in [3.8, 4) is 0 Å². The van der Waals surface area contributed by atoms with Crippen LogP contribution in [-0.2, 0) is 4.79 Å². The number of allylic oxidation sites excluding steroid dienone is 5. The van der Waals surface area contributed by atoms with E-state index in [2.05, 4.69) is 43.5 Å². The van der Waals surface area contributed by atoms with Gasteiger partial charge < -0.3 is 20.6 Å². The number of amides is 1. The van der Waals surface area contributed by atoms with Gasteiger partial charge in [-0.2, -0.15) is 0 Å². The first kappa shape index (κ1) is 42.6. The van der Waals surface area contributed by atoms with E-state index in [0.717, 1.165) is 38.5 Å². The molecule has 0 aliphatic heterocycles. The maximum atomic E-state index is 12.3. The molecule has 0 heterocycles. The van der Waals surface area contributed by atoms with E-state index in [1.807, 2.05) is 6.08 Å². The summed E-state index contributed by atoms with van der Waals surface area (Å²) in [4.78, 5) is 12.3. The molecule has 0 rings (SSSR count). The van der Waals surface area contributed by atoms with Gasteiger partial charge in [0, 0.05) is 0 Å². The second kappa shape index (κ2) is 34.4. The molecule has 0 bridgehead atoms. The van der Waals surface area contributed by atoms with Crippen LogP contribution in [-0.4, -0.2) is 46.1 Å². The topological polar surface area (TPSA) is 89.8 Å². The Morgan fingerprint density at radius 3 is 1.45 bits per heavy atom. The van der Waals surface area contributed by atoms with E-state index in [1.165, 1.54) is 116 Å². The molecule has 0 saturated heterocycles. The molecule has 5 heteroatoms. The van der Waals surface area contributed by atoms with Crippen LogP contribution in [0.4, 0.5) is 0 Å². The lowest BCUT2D eigenvalue weighted by Crippen LogP contribution is -2.45. The molecule has 258 valence electrons. The zero-order valence-corrected chi connectivity index (χ0v) is 29.0. The van der Waals surface area contributed by atoms with Crippen LogP contribution in [0, 0.1) is 0 Å². The minimum Gasteiger partial charge on any atom is -0.394 e. The number of unbranched alkanes of at least 4 members (excludes halogenated alkanes) is 20. The summed E-state index contributed by atoms with van der Waals surface area (Å²) < 4.78 is 0. The van der Waals surface area contributed by atoms with Crippen LogP contribution in [0.1, 0.15) is 181 Å². The fraction of sp³-hybridized carbons (Fsp3) is 0.821. The minimum atomic E-state index is -0.956. The van der Waals surface area contributed by atoms with Crippen molar-refractivity contribution in [2.45, 2.75) is 199 Å². The molecule has 4 N–H and O–H groups in total. The van der Waals surface area contributed by atoms with E-state index in [0.29, 0.717) is 6.42 Å². The van der Waals surface area contributed by atoms with Gasteiger partial charge in [-0.3, -0.25) is 4.79 Å². The van der Waals surface area contributed by atoms with Crippen LogP contribution in [0.15, 0.2) is 36.5 Å². The van der Waals surface area contributed by atoms with Crippen LogP contribution in [0.3, 0.4) is 0 Å². The molecule has 0 aromatic heterocycles. The van der Waals surface area contributed by atoms with Crippen molar-refractivity contribution in [3.63, 3.8) is 0 Å². The fourth-order valence-electron chi connectivity index (χ4n) is 5.49. The van der Waals surface area contributed by atoms with E-state index < -0.39 is 18.2 Å². The van der Waals surface area contributed by atoms with Gasteiger partial charge in [0.2, 0.25) is 5.91 Å². The van der Waals surface area contributed by atoms with Crippen molar-refractivity contribution in [2.24, 2.45) is 0 Å². The smallest absolute Gasteiger partial charge is 0.222 e. The molecule has 0 aromatic rings. The first-order valence-corrected chi connectivity index (χ1v) is 18.8. The van der Waals surface area contributed by atoms with E-state index in [9.17, 15) is 20.1 Å². The molecule has 0 radical (unpaired) electrons. The van der Waals surface area contributed by atoms with Gasteiger partial charge >= 0.3 is 0 Å². The molecule has 44 heavy (non-hydrogen) atoms. The number of nitrogens with one attached hydrogen (secondary N) is 1. The molecular formula is C39H73NO4. The third kappa shape index (κ3) is 30.6. The van der Waals surface area contributed by atoms with Gasteiger partial charge in [-0.05, 0) is 44.9 Å². The van der Waals surface area contributed by atoms with Gasteiger partial charge in [0.1, 0.15) is 0 Å². The number of aliphatic hydroxyl groups excluding tert-OH is 3. The monoisotopic (exact) mass is 620 g/mol. The van der Waals surface area contributed by atoms with Crippen LogP contribution < -0.4 is 5.32 Å². The standard InChI is InChI=1S/C39H73NO4/c1-3-5-7-9-11-13-15-16-17-18-19-20-21-23-25-27-29-31-33-38(43)37(35-41)40-39(44)34-36(42)32-30-28-26-24-22-14-12-10-8-6-4-2/h18-19,23,25,31,33,36-38,41-43H,3-17,20-22,24,26-30,32,34-35H2,1-2H3,(H,40,44)/b19-18+,25-23+,33-31+. The number of hydrogen-bond donors (Lipinski definition) is 4. The van der Waals surface area contributed by atoms with Crippen molar-refractivity contribution in [3.05, 3.63) is 36.5 Å². The molecule has 3 atom stereocenters. The maximum absolute atomic E-state index is 12.3. The van der Waals surface area contributed by atoms with E-state index in [4.69, 9.17) is 0 Å². The van der Waals surface area contributed by atoms with Gasteiger partial charge in [-0.25, -0.2) is 0 Å². The summed E-state index contributed by atoms with van der Waals surface area (Å²) in [5.74, 6) is -0.332. The summed E-state index contributed by atoms with van der Waals surface area (Å²) in [6, 6.07) is -0.763. The Morgan fingerprint density at radius 2 is 0.977 bits per heavy atom. The summed E-state index contributed by atoms with van der Waals surface area (Å²) in [6.45, 7) is 4.17. The summed E-state index contributed by atoms with van der Waals surface area (Å²) in [5, 5.41) is 33.0. The number of carbonyl (C=O) groups is 1. The third-order valence-electron chi connectivity index (χ3n) is 8.41. The third-order valence-corrected chi connectivity index (χ3v) is 8.41. The van der Waals surface area contributed by atoms with Crippen LogP contribution in [0.25, 0.3) is 0 Å². The number of hydrogen-bond acceptors (Lipinski definition) is 4. The Bertz CT molecular complexity index is 690. The largest absolute Gasteiger partial charge is 0.394 e. The van der Waals surface area contributed by atoms with E-state index >= 15 is 0 Å². The second-order valence-corrected chi connectivity index (χ2v) is 12.8. The van der Waals surface area contributed by atoms with Gasteiger partial charge in [0.25, 0.3) is 0 Å². The predicted molar refractivity (Wildman–Crippen MR) is 190 cm³/mol. The SMILES string of the molecule is CCCCCCCCCC/C=C/CC/C=C/CC/C=C/C(O)C(CO)NC(=O)CC(O)CCCCCCCCCCCCC. The molecule has 0 aliphatic rings. The number of carbonyl (C=O) groups excluding carboxylic acids is 1. The van der Waals surface area contributed by atoms with Gasteiger partial charge in [0.05, 0.1) is 31.3 Å². The Labute approximate surface area is 273 Å². The molecule has 0 fully saturated rings. The van der Waals surface area contributed by atoms with Gasteiger partial charge in [-0.15, -0.1) is 0 Å². The average molecular weight is 620 g/mol. The zero-order chi connectivity index (χ0) is 32.4. The normalized spacial score (nSPS) is 14.2. The van der Waals surface area contributed by atoms with Crippen molar-refractivity contribution in [1.82, 2.24) is 5.32 Å². The summed E-state index contributed by atoms with van der Waals surface area (Å²) in [6.07, 6.45) is 41.3. The van der Waals surface area contributed by atoms with Crippen molar-refractivity contribution in [1.29, 1.82) is 0 Å². The van der Waals surface area contributed by atoms with Crippen LogP contribution in [0.5, 0.6) is 0 Å². The van der Waals surface area contributed by atoms with Crippen LogP contribution >= 0.6 is 0 Å². The lowest BCUT2D eigenvalue weighted by atomic mass is 10.0. The zero-order valence-electron chi connectivity index (χ0n) is 29.0. The highest BCUT2D eigenvalue weighted by Crippen LogP contribution is 2.14. The van der Waals surface area contributed by atoms with Gasteiger partial charge in [-0.1, -0.05) is 166 Å².